The van der Waals surface area contributed by atoms with Crippen LogP contribution in [-0.2, 0) is 6.54 Å². The molecule has 2 aliphatic rings. The quantitative estimate of drug-likeness (QED) is 0.367. The second kappa shape index (κ2) is 7.81. The van der Waals surface area contributed by atoms with Crippen molar-refractivity contribution in [2.45, 2.75) is 6.54 Å². The largest absolute Gasteiger partial charge is 0.398 e. The number of carbonyl (C=O) groups excluding carboxylic acids is 2. The highest BCUT2D eigenvalue weighted by Crippen LogP contribution is 2.34. The topological polar surface area (TPSA) is 115 Å². The Bertz CT molecular complexity index is 1180. The summed E-state index contributed by atoms with van der Waals surface area (Å²) in [5.41, 5.74) is 10.5. The van der Waals surface area contributed by atoms with E-state index in [1.807, 2.05) is 6.07 Å². The monoisotopic (exact) mass is 419 g/mol. The number of imide groups is 1. The highest BCUT2D eigenvalue weighted by Gasteiger charge is 2.32. The molecule has 0 saturated carbocycles. The summed E-state index contributed by atoms with van der Waals surface area (Å²) in [6.07, 6.45) is 0. The summed E-state index contributed by atoms with van der Waals surface area (Å²) in [6.45, 7) is 5.73. The molecule has 0 unspecified atom stereocenters. The van der Waals surface area contributed by atoms with Gasteiger partial charge in [0.25, 0.3) is 11.8 Å². The predicted octanol–water partition coefficient (Wildman–Crippen LogP) is 1.41. The van der Waals surface area contributed by atoms with Gasteiger partial charge in [-0.25, -0.2) is 0 Å². The van der Waals surface area contributed by atoms with Gasteiger partial charge in [-0.15, -0.1) is 0 Å². The molecule has 1 aromatic heterocycles. The Labute approximate surface area is 179 Å². The van der Waals surface area contributed by atoms with Crippen LogP contribution in [0.4, 0.5) is 5.69 Å². The number of aromatic nitrogens is 1. The van der Waals surface area contributed by atoms with Gasteiger partial charge in [-0.3, -0.25) is 24.7 Å². The van der Waals surface area contributed by atoms with Gasteiger partial charge < -0.3 is 15.8 Å². The zero-order valence-corrected chi connectivity index (χ0v) is 17.1. The first-order valence-corrected chi connectivity index (χ1v) is 10.5. The van der Waals surface area contributed by atoms with Crippen molar-refractivity contribution < 1.29 is 14.7 Å². The number of hydrogen-bond donors (Lipinski definition) is 4. The minimum atomic E-state index is -0.447. The number of aliphatic hydroxyl groups is 1. The van der Waals surface area contributed by atoms with Crippen molar-refractivity contribution in [2.75, 3.05) is 45.1 Å². The lowest BCUT2D eigenvalue weighted by atomic mass is 9.98. The lowest BCUT2D eigenvalue weighted by molar-refractivity contribution is 0.0880. The first kappa shape index (κ1) is 19.7. The molecule has 0 aliphatic carbocycles. The highest BCUT2D eigenvalue weighted by molar-refractivity contribution is 6.26. The molecule has 31 heavy (non-hydrogen) atoms. The molecule has 2 aliphatic heterocycles. The molecule has 2 amide bonds. The number of nitrogens with zero attached hydrogens (tertiary/aromatic N) is 2. The summed E-state index contributed by atoms with van der Waals surface area (Å²) in [6, 6.07) is 11.8. The summed E-state index contributed by atoms with van der Waals surface area (Å²) in [5.74, 6) is -0.862. The number of carbonyl (C=O) groups is 2. The molecule has 160 valence electrons. The number of aliphatic hydroxyl groups excluding tert-OH is 1. The zero-order valence-electron chi connectivity index (χ0n) is 17.1. The van der Waals surface area contributed by atoms with Crippen LogP contribution in [0.1, 0.15) is 26.3 Å². The molecule has 0 atom stereocenters. The number of anilines is 1. The van der Waals surface area contributed by atoms with Gasteiger partial charge in [0.05, 0.1) is 17.7 Å². The maximum absolute atomic E-state index is 12.4. The zero-order chi connectivity index (χ0) is 21.5. The molecule has 0 radical (unpaired) electrons. The second-order valence-electron chi connectivity index (χ2n) is 8.18. The molecule has 8 nitrogen and oxygen atoms in total. The molecule has 0 spiro atoms. The van der Waals surface area contributed by atoms with Crippen LogP contribution in [0, 0.1) is 0 Å². The van der Waals surface area contributed by atoms with Crippen LogP contribution >= 0.6 is 0 Å². The van der Waals surface area contributed by atoms with Crippen molar-refractivity contribution in [1.82, 2.24) is 20.1 Å². The van der Waals surface area contributed by atoms with Gasteiger partial charge in [0.1, 0.15) is 0 Å². The fourth-order valence-electron chi connectivity index (χ4n) is 4.55. The fraction of sp³-hybridized carbons (Fsp3) is 0.304. The molecule has 1 fully saturated rings. The molecule has 3 heterocycles. The molecule has 8 heteroatoms. The summed E-state index contributed by atoms with van der Waals surface area (Å²) in [4.78, 5) is 32.5. The molecular formula is C23H25N5O3. The summed E-state index contributed by atoms with van der Waals surface area (Å²) < 4.78 is 0. The van der Waals surface area contributed by atoms with E-state index in [1.165, 1.54) is 5.56 Å². The van der Waals surface area contributed by atoms with Gasteiger partial charge in [-0.2, -0.15) is 0 Å². The number of nitrogens with one attached hydrogen (secondary N) is 2. The number of benzene rings is 2. The fourth-order valence-corrected chi connectivity index (χ4v) is 4.55. The predicted molar refractivity (Wildman–Crippen MR) is 119 cm³/mol. The van der Waals surface area contributed by atoms with E-state index in [2.05, 4.69) is 38.3 Å². The first-order valence-electron chi connectivity index (χ1n) is 10.5. The standard InChI is InChI=1S/C23H25N5O3/c24-17-3-2-16(20-21(17)23(31)26-22(20)30)19-12-15-11-14(1-4-18(15)25-19)13-28-7-5-27(6-8-28)9-10-29/h1-4,11-12,25,29H,5-10,13,24H2,(H,26,30,31). The normalized spacial score (nSPS) is 17.3. The number of piperazine rings is 1. The van der Waals surface area contributed by atoms with Crippen molar-refractivity contribution in [3.8, 4) is 11.3 Å². The average molecular weight is 419 g/mol. The van der Waals surface area contributed by atoms with Gasteiger partial charge in [0, 0.05) is 67.1 Å². The van der Waals surface area contributed by atoms with Gasteiger partial charge >= 0.3 is 0 Å². The van der Waals surface area contributed by atoms with Gasteiger partial charge in [-0.05, 0) is 35.9 Å². The van der Waals surface area contributed by atoms with Crippen LogP contribution in [0.25, 0.3) is 22.2 Å². The Morgan fingerprint density at radius 1 is 0.935 bits per heavy atom. The number of aromatic amines is 1. The molecule has 5 rings (SSSR count). The minimum absolute atomic E-state index is 0.208. The van der Waals surface area contributed by atoms with E-state index in [0.29, 0.717) is 16.8 Å². The lowest BCUT2D eigenvalue weighted by Crippen LogP contribution is -2.46. The average Bonchev–Trinajstić information content (AvgIpc) is 3.31. The molecule has 0 bridgehead atoms. The maximum atomic E-state index is 12.4. The van der Waals surface area contributed by atoms with Gasteiger partial charge in [0.15, 0.2) is 0 Å². The Kier molecular flexibility index (Phi) is 4.97. The third-order valence-electron chi connectivity index (χ3n) is 6.18. The van der Waals surface area contributed by atoms with Gasteiger partial charge in [0.2, 0.25) is 0 Å². The number of rotatable bonds is 5. The van der Waals surface area contributed by atoms with E-state index in [9.17, 15) is 9.59 Å². The number of H-pyrrole nitrogens is 1. The minimum Gasteiger partial charge on any atom is -0.398 e. The van der Waals surface area contributed by atoms with Crippen molar-refractivity contribution >= 4 is 28.4 Å². The third kappa shape index (κ3) is 3.59. The number of amides is 2. The van der Waals surface area contributed by atoms with E-state index < -0.39 is 11.8 Å². The number of fused-ring (bicyclic) bond motifs is 2. The van der Waals surface area contributed by atoms with Crippen LogP contribution in [0.3, 0.4) is 0 Å². The van der Waals surface area contributed by atoms with Crippen molar-refractivity contribution in [1.29, 1.82) is 0 Å². The molecule has 3 aromatic rings. The van der Waals surface area contributed by atoms with E-state index in [1.54, 1.807) is 12.1 Å². The van der Waals surface area contributed by atoms with Crippen LogP contribution in [-0.4, -0.2) is 71.0 Å². The first-order chi connectivity index (χ1) is 15.0. The van der Waals surface area contributed by atoms with E-state index in [-0.39, 0.29) is 12.2 Å². The third-order valence-corrected chi connectivity index (χ3v) is 6.18. The van der Waals surface area contributed by atoms with Crippen molar-refractivity contribution in [3.05, 3.63) is 53.1 Å². The Balaban J connectivity index is 1.40. The Hall–Kier alpha value is -3.20. The number of nitrogens with two attached hydrogens (primary N) is 1. The Morgan fingerprint density at radius 2 is 1.68 bits per heavy atom. The number of hydrogen-bond acceptors (Lipinski definition) is 6. The molecule has 2 aromatic carbocycles. The highest BCUT2D eigenvalue weighted by atomic mass is 16.3. The summed E-state index contributed by atoms with van der Waals surface area (Å²) in [5, 5.41) is 12.5. The van der Waals surface area contributed by atoms with Crippen LogP contribution in [0.15, 0.2) is 36.4 Å². The van der Waals surface area contributed by atoms with Crippen molar-refractivity contribution in [3.63, 3.8) is 0 Å². The van der Waals surface area contributed by atoms with Crippen LogP contribution < -0.4 is 11.1 Å². The molecule has 5 N–H and O–H groups in total. The number of β-amino-alcohol motifs (C(OH)–C–C–N with tert-alkyl or cyclic N) is 1. The molecule has 1 saturated heterocycles. The van der Waals surface area contributed by atoms with E-state index in [0.717, 1.165) is 55.9 Å². The summed E-state index contributed by atoms with van der Waals surface area (Å²) in [7, 11) is 0. The van der Waals surface area contributed by atoms with Crippen LogP contribution in [0.2, 0.25) is 0 Å². The SMILES string of the molecule is Nc1ccc(-c2cc3cc(CN4CCN(CCO)CC4)ccc3[nH]2)c2c1C(=O)NC2=O. The van der Waals surface area contributed by atoms with Crippen LogP contribution in [0.5, 0.6) is 0 Å². The molecular weight excluding hydrogens is 394 g/mol. The summed E-state index contributed by atoms with van der Waals surface area (Å²) >= 11 is 0. The van der Waals surface area contributed by atoms with Crippen molar-refractivity contribution in [2.24, 2.45) is 0 Å². The maximum Gasteiger partial charge on any atom is 0.261 e. The number of nitrogen functional groups attached to an aromatic ring is 1. The second-order valence-corrected chi connectivity index (χ2v) is 8.18. The smallest absolute Gasteiger partial charge is 0.261 e. The Morgan fingerprint density at radius 3 is 2.45 bits per heavy atom. The van der Waals surface area contributed by atoms with Gasteiger partial charge in [-0.1, -0.05) is 6.07 Å². The van der Waals surface area contributed by atoms with E-state index >= 15 is 0 Å². The lowest BCUT2D eigenvalue weighted by Gasteiger charge is -2.34. The van der Waals surface area contributed by atoms with E-state index in [4.69, 9.17) is 10.8 Å².